The second-order valence-corrected chi connectivity index (χ2v) is 4.88. The van der Waals surface area contributed by atoms with Crippen LogP contribution in [-0.4, -0.2) is 6.54 Å². The molecule has 0 heterocycles. The zero-order valence-corrected chi connectivity index (χ0v) is 12.4. The van der Waals surface area contributed by atoms with Crippen LogP contribution in [0.3, 0.4) is 0 Å². The van der Waals surface area contributed by atoms with Gasteiger partial charge in [-0.05, 0) is 42.8 Å². The van der Waals surface area contributed by atoms with Gasteiger partial charge in [-0.2, -0.15) is 0 Å². The fourth-order valence-electron chi connectivity index (χ4n) is 1.84. The first-order valence-electron chi connectivity index (χ1n) is 6.47. The zero-order valence-electron chi connectivity index (χ0n) is 11.6. The molecule has 0 aromatic heterocycles. The van der Waals surface area contributed by atoms with Gasteiger partial charge in [0.1, 0.15) is 18.2 Å². The highest BCUT2D eigenvalue weighted by Gasteiger charge is 2.08. The minimum absolute atomic E-state index is 0.0821. The largest absolute Gasteiger partial charge is 0.489 e. The first-order valence-corrected chi connectivity index (χ1v) is 6.85. The third-order valence-electron chi connectivity index (χ3n) is 2.97. The van der Waals surface area contributed by atoms with E-state index in [1.54, 1.807) is 18.2 Å². The summed E-state index contributed by atoms with van der Waals surface area (Å²) >= 11 is 5.96. The highest BCUT2D eigenvalue weighted by Crippen LogP contribution is 2.22. The van der Waals surface area contributed by atoms with E-state index in [2.05, 4.69) is 11.8 Å². The molecule has 108 valence electrons. The Bertz CT molecular complexity index is 683. The molecule has 2 rings (SSSR count). The van der Waals surface area contributed by atoms with Crippen LogP contribution in [0.15, 0.2) is 36.4 Å². The van der Waals surface area contributed by atoms with E-state index in [0.717, 1.165) is 11.1 Å². The van der Waals surface area contributed by atoms with Crippen LogP contribution >= 0.6 is 11.6 Å². The van der Waals surface area contributed by atoms with Crippen molar-refractivity contribution in [1.82, 2.24) is 0 Å². The van der Waals surface area contributed by atoms with Gasteiger partial charge >= 0.3 is 0 Å². The maximum absolute atomic E-state index is 13.6. The van der Waals surface area contributed by atoms with Crippen LogP contribution in [-0.2, 0) is 6.61 Å². The number of hydrogen-bond donors (Lipinski definition) is 1. The summed E-state index contributed by atoms with van der Waals surface area (Å²) in [6.45, 7) is 2.34. The Balaban J connectivity index is 2.12. The molecule has 0 bridgehead atoms. The first-order chi connectivity index (χ1) is 10.1. The molecule has 0 saturated carbocycles. The number of ether oxygens (including phenoxy) is 1. The van der Waals surface area contributed by atoms with E-state index in [-0.39, 0.29) is 12.4 Å². The minimum Gasteiger partial charge on any atom is -0.489 e. The Morgan fingerprint density at radius 3 is 2.76 bits per heavy atom. The summed E-state index contributed by atoms with van der Waals surface area (Å²) in [5, 5.41) is 0.358. The zero-order chi connectivity index (χ0) is 15.2. The van der Waals surface area contributed by atoms with Crippen molar-refractivity contribution in [3.8, 4) is 17.6 Å². The minimum atomic E-state index is -0.371. The maximum Gasteiger partial charge on any atom is 0.131 e. The Morgan fingerprint density at radius 2 is 2.10 bits per heavy atom. The van der Waals surface area contributed by atoms with E-state index < -0.39 is 0 Å². The number of halogens is 2. The van der Waals surface area contributed by atoms with E-state index >= 15 is 0 Å². The normalized spacial score (nSPS) is 9.90. The van der Waals surface area contributed by atoms with Crippen molar-refractivity contribution in [2.75, 3.05) is 6.54 Å². The summed E-state index contributed by atoms with van der Waals surface area (Å²) in [4.78, 5) is 0. The van der Waals surface area contributed by atoms with Gasteiger partial charge in [0.2, 0.25) is 0 Å². The van der Waals surface area contributed by atoms with Crippen LogP contribution in [0.5, 0.6) is 5.75 Å². The standard InChI is InChI=1S/C17H15ClFNO/c1-12-10-14(8-7-13(12)4-3-9-20)21-11-15-16(18)5-2-6-17(15)19/h2,5-8,10H,9,11,20H2,1H3. The maximum atomic E-state index is 13.6. The molecule has 0 atom stereocenters. The third kappa shape index (κ3) is 3.98. The van der Waals surface area contributed by atoms with Crippen LogP contribution in [0.2, 0.25) is 5.02 Å². The van der Waals surface area contributed by atoms with Crippen LogP contribution in [0, 0.1) is 24.6 Å². The third-order valence-corrected chi connectivity index (χ3v) is 3.32. The predicted octanol–water partition coefficient (Wildman–Crippen LogP) is 3.68. The van der Waals surface area contributed by atoms with Gasteiger partial charge in [-0.15, -0.1) is 0 Å². The molecule has 0 aliphatic heterocycles. The first kappa shape index (κ1) is 15.4. The molecular weight excluding hydrogens is 289 g/mol. The second-order valence-electron chi connectivity index (χ2n) is 4.47. The van der Waals surface area contributed by atoms with Gasteiger partial charge in [-0.25, -0.2) is 4.39 Å². The highest BCUT2D eigenvalue weighted by atomic mass is 35.5. The van der Waals surface area contributed by atoms with E-state index in [9.17, 15) is 4.39 Å². The Labute approximate surface area is 128 Å². The lowest BCUT2D eigenvalue weighted by molar-refractivity contribution is 0.300. The number of benzene rings is 2. The monoisotopic (exact) mass is 303 g/mol. The van der Waals surface area contributed by atoms with Crippen LogP contribution < -0.4 is 10.5 Å². The van der Waals surface area contributed by atoms with Crippen molar-refractivity contribution < 1.29 is 9.13 Å². The second kappa shape index (κ2) is 7.12. The van der Waals surface area contributed by atoms with E-state index in [0.29, 0.717) is 22.9 Å². The van der Waals surface area contributed by atoms with Gasteiger partial charge < -0.3 is 10.5 Å². The van der Waals surface area contributed by atoms with Crippen molar-refractivity contribution in [1.29, 1.82) is 0 Å². The molecule has 0 aliphatic rings. The van der Waals surface area contributed by atoms with Crippen molar-refractivity contribution in [3.63, 3.8) is 0 Å². The number of hydrogen-bond acceptors (Lipinski definition) is 2. The van der Waals surface area contributed by atoms with E-state index in [1.807, 2.05) is 19.1 Å². The molecule has 2 aromatic carbocycles. The van der Waals surface area contributed by atoms with E-state index in [4.69, 9.17) is 22.1 Å². The topological polar surface area (TPSA) is 35.2 Å². The molecule has 0 aliphatic carbocycles. The number of rotatable bonds is 3. The Morgan fingerprint density at radius 1 is 1.29 bits per heavy atom. The van der Waals surface area contributed by atoms with Gasteiger partial charge in [0, 0.05) is 11.1 Å². The lowest BCUT2D eigenvalue weighted by Gasteiger charge is -2.10. The number of nitrogens with two attached hydrogens (primary N) is 1. The lowest BCUT2D eigenvalue weighted by Crippen LogP contribution is -2.00. The van der Waals surface area contributed by atoms with Crippen molar-refractivity contribution in [2.24, 2.45) is 5.73 Å². The van der Waals surface area contributed by atoms with Gasteiger partial charge in [0.25, 0.3) is 0 Å². The van der Waals surface area contributed by atoms with Crippen molar-refractivity contribution in [2.45, 2.75) is 13.5 Å². The van der Waals surface area contributed by atoms with E-state index in [1.165, 1.54) is 6.07 Å². The van der Waals surface area contributed by atoms with Crippen LogP contribution in [0.25, 0.3) is 0 Å². The summed E-state index contributed by atoms with van der Waals surface area (Å²) in [5.74, 6) is 6.06. The molecule has 21 heavy (non-hydrogen) atoms. The molecule has 0 saturated heterocycles. The Hall–Kier alpha value is -2.02. The van der Waals surface area contributed by atoms with Gasteiger partial charge in [0.05, 0.1) is 11.6 Å². The molecule has 0 spiro atoms. The molecular formula is C17H15ClFNO. The fraction of sp³-hybridized carbons (Fsp3) is 0.176. The van der Waals surface area contributed by atoms with Crippen LogP contribution in [0.4, 0.5) is 4.39 Å². The average Bonchev–Trinajstić information content (AvgIpc) is 2.46. The molecule has 2 aromatic rings. The molecule has 0 radical (unpaired) electrons. The summed E-state index contributed by atoms with van der Waals surface area (Å²) in [7, 11) is 0. The molecule has 2 N–H and O–H groups in total. The van der Waals surface area contributed by atoms with Gasteiger partial charge in [-0.3, -0.25) is 0 Å². The molecule has 0 fully saturated rings. The number of aryl methyl sites for hydroxylation is 1. The van der Waals surface area contributed by atoms with Crippen molar-refractivity contribution >= 4 is 11.6 Å². The summed E-state index contributed by atoms with van der Waals surface area (Å²) in [6.07, 6.45) is 0. The van der Waals surface area contributed by atoms with Gasteiger partial charge in [0.15, 0.2) is 0 Å². The summed E-state index contributed by atoms with van der Waals surface area (Å²) in [6, 6.07) is 10.1. The highest BCUT2D eigenvalue weighted by molar-refractivity contribution is 6.31. The summed E-state index contributed by atoms with van der Waals surface area (Å²) in [5.41, 5.74) is 7.58. The fourth-order valence-corrected chi connectivity index (χ4v) is 2.06. The molecule has 4 heteroatoms. The summed E-state index contributed by atoms with van der Waals surface area (Å²) < 4.78 is 19.2. The molecule has 0 unspecified atom stereocenters. The van der Waals surface area contributed by atoms with Gasteiger partial charge in [-0.1, -0.05) is 29.5 Å². The molecule has 0 amide bonds. The Kier molecular flexibility index (Phi) is 5.21. The molecule has 2 nitrogen and oxygen atoms in total. The lowest BCUT2D eigenvalue weighted by atomic mass is 10.1. The van der Waals surface area contributed by atoms with Crippen LogP contribution in [0.1, 0.15) is 16.7 Å². The quantitative estimate of drug-likeness (QED) is 0.878. The SMILES string of the molecule is Cc1cc(OCc2c(F)cccc2Cl)ccc1C#CCN. The smallest absolute Gasteiger partial charge is 0.131 e. The predicted molar refractivity (Wildman–Crippen MR) is 82.9 cm³/mol. The average molecular weight is 304 g/mol. The van der Waals surface area contributed by atoms with Crippen molar-refractivity contribution in [3.05, 3.63) is 63.9 Å².